The summed E-state index contributed by atoms with van der Waals surface area (Å²) >= 11 is 0. The average Bonchev–Trinajstić information content (AvgIpc) is 2.74. The van der Waals surface area contributed by atoms with E-state index in [2.05, 4.69) is 10.2 Å². The van der Waals surface area contributed by atoms with Crippen LogP contribution in [0.25, 0.3) is 0 Å². The van der Waals surface area contributed by atoms with E-state index in [1.807, 2.05) is 24.3 Å². The molecular weight excluding hydrogens is 363 g/mol. The van der Waals surface area contributed by atoms with E-state index in [0.717, 1.165) is 24.4 Å². The third-order valence-corrected chi connectivity index (χ3v) is 4.66. The van der Waals surface area contributed by atoms with Crippen LogP contribution in [0.2, 0.25) is 0 Å². The van der Waals surface area contributed by atoms with Crippen LogP contribution in [0.15, 0.2) is 48.5 Å². The van der Waals surface area contributed by atoms with Crippen molar-refractivity contribution in [2.45, 2.75) is 6.04 Å². The van der Waals surface area contributed by atoms with Gasteiger partial charge in [0.1, 0.15) is 17.3 Å². The van der Waals surface area contributed by atoms with Gasteiger partial charge in [-0.05, 0) is 42.0 Å². The topological polar surface area (TPSA) is 60.0 Å². The molecule has 1 amide bonds. The fraction of sp³-hybridized carbons (Fsp3) is 0.381. The molecule has 2 aromatic rings. The van der Waals surface area contributed by atoms with Gasteiger partial charge in [0.05, 0.1) is 26.4 Å². The number of nitrogens with zero attached hydrogens (tertiary/aromatic N) is 1. The molecule has 0 saturated carbocycles. The molecule has 2 aromatic carbocycles. The van der Waals surface area contributed by atoms with Gasteiger partial charge in [0, 0.05) is 19.6 Å². The fourth-order valence-electron chi connectivity index (χ4n) is 3.11. The molecule has 1 atom stereocenters. The summed E-state index contributed by atoms with van der Waals surface area (Å²) in [6.07, 6.45) is 0. The first-order valence-corrected chi connectivity index (χ1v) is 9.26. The Morgan fingerprint density at radius 2 is 1.75 bits per heavy atom. The van der Waals surface area contributed by atoms with Gasteiger partial charge in [-0.2, -0.15) is 0 Å². The van der Waals surface area contributed by atoms with Crippen LogP contribution in [0, 0.1) is 5.82 Å². The summed E-state index contributed by atoms with van der Waals surface area (Å²) in [5.74, 6) is 0.679. The largest absolute Gasteiger partial charge is 0.497 e. The second kappa shape index (κ2) is 10.1. The van der Waals surface area contributed by atoms with Crippen molar-refractivity contribution in [3.05, 3.63) is 59.9 Å². The van der Waals surface area contributed by atoms with Crippen molar-refractivity contribution < 1.29 is 23.4 Å². The number of benzene rings is 2. The van der Waals surface area contributed by atoms with Gasteiger partial charge in [0.15, 0.2) is 6.61 Å². The number of morpholine rings is 1. The summed E-state index contributed by atoms with van der Waals surface area (Å²) in [6, 6.07) is 13.5. The van der Waals surface area contributed by atoms with Gasteiger partial charge >= 0.3 is 0 Å². The number of carbonyl (C=O) groups is 1. The van der Waals surface area contributed by atoms with E-state index >= 15 is 0 Å². The smallest absolute Gasteiger partial charge is 0.258 e. The minimum absolute atomic E-state index is 0.0320. The number of hydrogen-bond donors (Lipinski definition) is 1. The molecule has 1 saturated heterocycles. The van der Waals surface area contributed by atoms with Crippen molar-refractivity contribution in [2.24, 2.45) is 0 Å². The van der Waals surface area contributed by atoms with Crippen molar-refractivity contribution in [3.63, 3.8) is 0 Å². The number of amides is 1. The number of nitrogens with one attached hydrogen (secondary N) is 1. The van der Waals surface area contributed by atoms with Crippen LogP contribution in [0.1, 0.15) is 11.6 Å². The third-order valence-electron chi connectivity index (χ3n) is 4.66. The second-order valence-corrected chi connectivity index (χ2v) is 6.48. The SMILES string of the molecule is COc1ccc([C@@H](CNC(=O)COc2ccc(F)cc2)N2CCOCC2)cc1. The van der Waals surface area contributed by atoms with Gasteiger partial charge in [-0.15, -0.1) is 0 Å². The molecular formula is C21H25FN2O4. The molecule has 1 N–H and O–H groups in total. The lowest BCUT2D eigenvalue weighted by molar-refractivity contribution is -0.123. The standard InChI is InChI=1S/C21H25FN2O4/c1-26-18-6-2-16(3-7-18)20(24-10-12-27-13-11-24)14-23-21(25)15-28-19-8-4-17(22)5-9-19/h2-9,20H,10-15H2,1H3,(H,23,25)/t20-/m1/s1. The Kier molecular flexibility index (Phi) is 7.22. The molecule has 0 bridgehead atoms. The number of halogens is 1. The molecule has 0 radical (unpaired) electrons. The van der Waals surface area contributed by atoms with Crippen LogP contribution in [-0.4, -0.2) is 57.4 Å². The van der Waals surface area contributed by atoms with E-state index in [1.165, 1.54) is 24.3 Å². The van der Waals surface area contributed by atoms with Crippen molar-refractivity contribution >= 4 is 5.91 Å². The van der Waals surface area contributed by atoms with Crippen molar-refractivity contribution in [2.75, 3.05) is 46.6 Å². The van der Waals surface area contributed by atoms with Crippen LogP contribution in [0.3, 0.4) is 0 Å². The van der Waals surface area contributed by atoms with Gasteiger partial charge in [-0.25, -0.2) is 4.39 Å². The van der Waals surface area contributed by atoms with Crippen molar-refractivity contribution in [1.82, 2.24) is 10.2 Å². The van der Waals surface area contributed by atoms with E-state index in [4.69, 9.17) is 14.2 Å². The number of ether oxygens (including phenoxy) is 3. The van der Waals surface area contributed by atoms with E-state index < -0.39 is 0 Å². The molecule has 7 heteroatoms. The average molecular weight is 388 g/mol. The van der Waals surface area contributed by atoms with E-state index in [-0.39, 0.29) is 24.4 Å². The molecule has 1 aliphatic heterocycles. The highest BCUT2D eigenvalue weighted by atomic mass is 19.1. The van der Waals surface area contributed by atoms with Crippen LogP contribution >= 0.6 is 0 Å². The molecule has 0 spiro atoms. The molecule has 150 valence electrons. The van der Waals surface area contributed by atoms with Crippen LogP contribution in [0.5, 0.6) is 11.5 Å². The molecule has 0 aliphatic carbocycles. The molecule has 0 aromatic heterocycles. The quantitative estimate of drug-likeness (QED) is 0.753. The monoisotopic (exact) mass is 388 g/mol. The summed E-state index contributed by atoms with van der Waals surface area (Å²) in [5.41, 5.74) is 1.10. The molecule has 1 heterocycles. The predicted octanol–water partition coefficient (Wildman–Crippen LogP) is 2.40. The Balaban J connectivity index is 1.58. The Hall–Kier alpha value is -2.64. The molecule has 0 unspecified atom stereocenters. The maximum atomic E-state index is 12.9. The zero-order valence-electron chi connectivity index (χ0n) is 15.9. The Labute approximate surface area is 164 Å². The Bertz CT molecular complexity index is 746. The fourth-order valence-corrected chi connectivity index (χ4v) is 3.11. The lowest BCUT2D eigenvalue weighted by Gasteiger charge is -2.35. The van der Waals surface area contributed by atoms with Gasteiger partial charge in [0.2, 0.25) is 0 Å². The number of rotatable bonds is 8. The first kappa shape index (κ1) is 20.1. The van der Waals surface area contributed by atoms with Gasteiger partial charge in [0.25, 0.3) is 5.91 Å². The maximum absolute atomic E-state index is 12.9. The molecule has 28 heavy (non-hydrogen) atoms. The summed E-state index contributed by atoms with van der Waals surface area (Å²) < 4.78 is 29.0. The van der Waals surface area contributed by atoms with Gasteiger partial charge in [-0.1, -0.05) is 12.1 Å². The highest BCUT2D eigenvalue weighted by molar-refractivity contribution is 5.77. The first-order valence-electron chi connectivity index (χ1n) is 9.26. The zero-order chi connectivity index (χ0) is 19.8. The molecule has 3 rings (SSSR count). The highest BCUT2D eigenvalue weighted by Gasteiger charge is 2.23. The van der Waals surface area contributed by atoms with Crippen LogP contribution in [0.4, 0.5) is 4.39 Å². The van der Waals surface area contributed by atoms with Crippen LogP contribution < -0.4 is 14.8 Å². The van der Waals surface area contributed by atoms with Gasteiger partial charge in [-0.3, -0.25) is 9.69 Å². The Morgan fingerprint density at radius 1 is 1.11 bits per heavy atom. The lowest BCUT2D eigenvalue weighted by Crippen LogP contribution is -2.44. The number of hydrogen-bond acceptors (Lipinski definition) is 5. The minimum atomic E-state index is -0.343. The minimum Gasteiger partial charge on any atom is -0.497 e. The molecule has 1 fully saturated rings. The summed E-state index contributed by atoms with van der Waals surface area (Å²) in [5, 5.41) is 2.94. The third kappa shape index (κ3) is 5.68. The van der Waals surface area contributed by atoms with E-state index in [9.17, 15) is 9.18 Å². The van der Waals surface area contributed by atoms with Crippen molar-refractivity contribution in [1.29, 1.82) is 0 Å². The zero-order valence-corrected chi connectivity index (χ0v) is 15.9. The highest BCUT2D eigenvalue weighted by Crippen LogP contribution is 2.23. The Morgan fingerprint density at radius 3 is 2.39 bits per heavy atom. The summed E-state index contributed by atoms with van der Waals surface area (Å²) in [4.78, 5) is 14.5. The molecule has 1 aliphatic rings. The first-order chi connectivity index (χ1) is 13.7. The number of methoxy groups -OCH3 is 1. The van der Waals surface area contributed by atoms with E-state index in [0.29, 0.717) is 25.5 Å². The molecule has 6 nitrogen and oxygen atoms in total. The summed E-state index contributed by atoms with van der Waals surface area (Å²) in [6.45, 7) is 3.29. The lowest BCUT2D eigenvalue weighted by atomic mass is 10.0. The summed E-state index contributed by atoms with van der Waals surface area (Å²) in [7, 11) is 1.63. The maximum Gasteiger partial charge on any atom is 0.258 e. The predicted molar refractivity (Wildman–Crippen MR) is 103 cm³/mol. The van der Waals surface area contributed by atoms with Gasteiger partial charge < -0.3 is 19.5 Å². The van der Waals surface area contributed by atoms with Crippen molar-refractivity contribution in [3.8, 4) is 11.5 Å². The van der Waals surface area contributed by atoms with Crippen LogP contribution in [-0.2, 0) is 9.53 Å². The van der Waals surface area contributed by atoms with E-state index in [1.54, 1.807) is 7.11 Å². The number of carbonyl (C=O) groups excluding carboxylic acids is 1. The normalized spacial score (nSPS) is 15.6. The second-order valence-electron chi connectivity index (χ2n) is 6.48.